The van der Waals surface area contributed by atoms with E-state index in [0.717, 1.165) is 41.5 Å². The van der Waals surface area contributed by atoms with Gasteiger partial charge in [-0.3, -0.25) is 9.59 Å². The Morgan fingerprint density at radius 1 is 1.50 bits per heavy atom. The van der Waals surface area contributed by atoms with Gasteiger partial charge in [-0.25, -0.2) is 9.78 Å². The number of nitrogens with zero attached hydrogens (tertiary/aromatic N) is 1. The van der Waals surface area contributed by atoms with E-state index in [9.17, 15) is 14.4 Å². The van der Waals surface area contributed by atoms with Crippen molar-refractivity contribution in [1.29, 1.82) is 0 Å². The highest BCUT2D eigenvalue weighted by atomic mass is 32.2. The van der Waals surface area contributed by atoms with Crippen LogP contribution in [-0.2, 0) is 22.4 Å². The lowest BCUT2D eigenvalue weighted by atomic mass is 9.88. The maximum Gasteiger partial charge on any atom is 0.341 e. The number of H-pyrrole nitrogens is 1. The molecule has 1 aliphatic carbocycles. The van der Waals surface area contributed by atoms with Gasteiger partial charge < -0.3 is 15.0 Å². The summed E-state index contributed by atoms with van der Waals surface area (Å²) in [5, 5.41) is 3.73. The molecule has 0 saturated heterocycles. The van der Waals surface area contributed by atoms with Gasteiger partial charge in [0.25, 0.3) is 5.56 Å². The minimum absolute atomic E-state index is 0.0759. The first kappa shape index (κ1) is 18.7. The van der Waals surface area contributed by atoms with E-state index in [-0.39, 0.29) is 17.2 Å². The Morgan fingerprint density at radius 2 is 2.31 bits per heavy atom. The molecule has 2 aromatic heterocycles. The normalized spacial score (nSPS) is 16.0. The molecule has 0 bridgehead atoms. The maximum atomic E-state index is 12.3. The molecule has 1 unspecified atom stereocenters. The van der Waals surface area contributed by atoms with Crippen LogP contribution in [0.25, 0.3) is 0 Å². The van der Waals surface area contributed by atoms with E-state index in [2.05, 4.69) is 22.2 Å². The number of esters is 1. The van der Waals surface area contributed by atoms with Gasteiger partial charge in [0.05, 0.1) is 18.4 Å². The van der Waals surface area contributed by atoms with E-state index >= 15 is 0 Å². The molecule has 0 aliphatic heterocycles. The summed E-state index contributed by atoms with van der Waals surface area (Å²) in [6, 6.07) is 1.31. The van der Waals surface area contributed by atoms with Crippen molar-refractivity contribution < 1.29 is 14.3 Å². The van der Waals surface area contributed by atoms with E-state index < -0.39 is 5.97 Å². The highest BCUT2D eigenvalue weighted by Crippen LogP contribution is 2.40. The number of thioether (sulfide) groups is 1. The summed E-state index contributed by atoms with van der Waals surface area (Å²) in [5.41, 5.74) is 1.21. The highest BCUT2D eigenvalue weighted by molar-refractivity contribution is 7.99. The molecule has 0 fully saturated rings. The largest absolute Gasteiger partial charge is 0.465 e. The second-order valence-electron chi connectivity index (χ2n) is 6.12. The summed E-state index contributed by atoms with van der Waals surface area (Å²) in [4.78, 5) is 43.5. The van der Waals surface area contributed by atoms with Gasteiger partial charge in [0.1, 0.15) is 5.00 Å². The van der Waals surface area contributed by atoms with E-state index in [1.165, 1.54) is 30.7 Å². The van der Waals surface area contributed by atoms with Crippen molar-refractivity contribution in [3.8, 4) is 0 Å². The van der Waals surface area contributed by atoms with Gasteiger partial charge >= 0.3 is 5.97 Å². The number of aromatic amines is 1. The fourth-order valence-electron chi connectivity index (χ4n) is 2.88. The van der Waals surface area contributed by atoms with Gasteiger partial charge in [0, 0.05) is 17.1 Å². The number of methoxy groups -OCH3 is 1. The van der Waals surface area contributed by atoms with Gasteiger partial charge in [-0.15, -0.1) is 11.3 Å². The number of carbonyl (C=O) groups excluding carboxylic acids is 2. The molecule has 0 radical (unpaired) electrons. The summed E-state index contributed by atoms with van der Waals surface area (Å²) in [5.74, 6) is -0.0499. The molecule has 2 N–H and O–H groups in total. The van der Waals surface area contributed by atoms with Crippen molar-refractivity contribution >= 4 is 40.0 Å². The Morgan fingerprint density at radius 3 is 3.04 bits per heavy atom. The van der Waals surface area contributed by atoms with Crippen molar-refractivity contribution in [2.24, 2.45) is 5.92 Å². The minimum Gasteiger partial charge on any atom is -0.465 e. The molecule has 1 amide bonds. The Balaban J connectivity index is 1.75. The first-order valence-corrected chi connectivity index (χ1v) is 9.99. The number of thiophene rings is 1. The average Bonchev–Trinajstić information content (AvgIpc) is 2.96. The van der Waals surface area contributed by atoms with Crippen LogP contribution < -0.4 is 10.9 Å². The van der Waals surface area contributed by atoms with Crippen molar-refractivity contribution in [2.45, 2.75) is 31.3 Å². The molecule has 7 nitrogen and oxygen atoms in total. The number of anilines is 1. The molecular formula is C17H19N3O4S2. The monoisotopic (exact) mass is 393 g/mol. The van der Waals surface area contributed by atoms with Gasteiger partial charge in [-0.2, -0.15) is 0 Å². The summed E-state index contributed by atoms with van der Waals surface area (Å²) in [6.07, 6.45) is 4.13. The smallest absolute Gasteiger partial charge is 0.341 e. The molecule has 2 aromatic rings. The second kappa shape index (κ2) is 8.05. The third-order valence-corrected chi connectivity index (χ3v) is 6.20. The predicted molar refractivity (Wildman–Crippen MR) is 101 cm³/mol. The van der Waals surface area contributed by atoms with Crippen LogP contribution in [-0.4, -0.2) is 34.7 Å². The number of rotatable bonds is 5. The van der Waals surface area contributed by atoms with Gasteiger partial charge in [-0.05, 0) is 30.7 Å². The van der Waals surface area contributed by atoms with Crippen molar-refractivity contribution in [2.75, 3.05) is 18.2 Å². The number of amides is 1. The lowest BCUT2D eigenvalue weighted by Crippen LogP contribution is -2.17. The summed E-state index contributed by atoms with van der Waals surface area (Å²) < 4.78 is 4.91. The van der Waals surface area contributed by atoms with Crippen LogP contribution in [0.5, 0.6) is 0 Å². The Kier molecular flexibility index (Phi) is 5.77. The molecule has 0 aromatic carbocycles. The van der Waals surface area contributed by atoms with Gasteiger partial charge in [0.15, 0.2) is 5.16 Å². The lowest BCUT2D eigenvalue weighted by molar-refractivity contribution is -0.113. The summed E-state index contributed by atoms with van der Waals surface area (Å²) in [7, 11) is 1.34. The Bertz CT molecular complexity index is 890. The number of ether oxygens (including phenoxy) is 1. The van der Waals surface area contributed by atoms with E-state index in [4.69, 9.17) is 4.74 Å². The molecule has 3 rings (SSSR count). The number of fused-ring (bicyclic) bond motifs is 1. The Hall–Kier alpha value is -2.13. The number of aromatic nitrogens is 2. The zero-order valence-corrected chi connectivity index (χ0v) is 16.1. The molecule has 26 heavy (non-hydrogen) atoms. The standard InChI is InChI=1S/C17H19N3O4S2/c1-9-3-4-10-11(7-9)26-15(14(10)16(23)24-2)19-13(22)8-25-17-18-6-5-12(21)20-17/h5-6,9H,3-4,7-8H2,1-2H3,(H,19,22)(H,18,20,21). The molecule has 9 heteroatoms. The zero-order valence-electron chi connectivity index (χ0n) is 14.5. The predicted octanol–water partition coefficient (Wildman–Crippen LogP) is 2.47. The van der Waals surface area contributed by atoms with E-state index in [0.29, 0.717) is 21.6 Å². The third-order valence-electron chi connectivity index (χ3n) is 4.14. The summed E-state index contributed by atoms with van der Waals surface area (Å²) in [6.45, 7) is 2.18. The maximum absolute atomic E-state index is 12.3. The molecule has 1 atom stereocenters. The number of carbonyl (C=O) groups is 2. The first-order valence-electron chi connectivity index (χ1n) is 8.18. The number of hydrogen-bond donors (Lipinski definition) is 2. The lowest BCUT2D eigenvalue weighted by Gasteiger charge is -2.18. The van der Waals surface area contributed by atoms with E-state index in [1.807, 2.05) is 0 Å². The van der Waals surface area contributed by atoms with Crippen molar-refractivity contribution in [3.05, 3.63) is 38.6 Å². The topological polar surface area (TPSA) is 101 Å². The van der Waals surface area contributed by atoms with Crippen LogP contribution in [0.4, 0.5) is 5.00 Å². The van der Waals surface area contributed by atoms with Crippen molar-refractivity contribution in [3.63, 3.8) is 0 Å². The zero-order chi connectivity index (χ0) is 18.7. The van der Waals surface area contributed by atoms with Crippen LogP contribution >= 0.6 is 23.1 Å². The number of hydrogen-bond acceptors (Lipinski definition) is 7. The third kappa shape index (κ3) is 4.16. The van der Waals surface area contributed by atoms with Crippen molar-refractivity contribution in [1.82, 2.24) is 9.97 Å². The van der Waals surface area contributed by atoms with E-state index in [1.54, 1.807) is 0 Å². The molecular weight excluding hydrogens is 374 g/mol. The first-order chi connectivity index (χ1) is 12.5. The quantitative estimate of drug-likeness (QED) is 0.460. The van der Waals surface area contributed by atoms with Crippen LogP contribution in [0.2, 0.25) is 0 Å². The Labute approximate surface area is 158 Å². The summed E-state index contributed by atoms with van der Waals surface area (Å²) >= 11 is 2.57. The molecule has 1 aliphatic rings. The van der Waals surface area contributed by atoms with Crippen LogP contribution in [0.3, 0.4) is 0 Å². The van der Waals surface area contributed by atoms with Crippen LogP contribution in [0.1, 0.15) is 34.1 Å². The fourth-order valence-corrected chi connectivity index (χ4v) is 4.94. The minimum atomic E-state index is -0.422. The molecule has 138 valence electrons. The second-order valence-corrected chi connectivity index (χ2v) is 8.19. The van der Waals surface area contributed by atoms with Gasteiger partial charge in [0.2, 0.25) is 5.91 Å². The molecule has 0 saturated carbocycles. The molecule has 0 spiro atoms. The van der Waals surface area contributed by atoms with Gasteiger partial charge in [-0.1, -0.05) is 18.7 Å². The average molecular weight is 393 g/mol. The molecule has 2 heterocycles. The number of nitrogens with one attached hydrogen (secondary N) is 2. The van der Waals surface area contributed by atoms with Crippen LogP contribution in [0.15, 0.2) is 22.2 Å². The van der Waals surface area contributed by atoms with Crippen LogP contribution in [0, 0.1) is 5.92 Å². The highest BCUT2D eigenvalue weighted by Gasteiger charge is 2.28. The SMILES string of the molecule is COC(=O)c1c(NC(=O)CSc2nccc(=O)[nH]2)sc2c1CCC(C)C2. The fraction of sp³-hybridized carbons (Fsp3) is 0.412.